The van der Waals surface area contributed by atoms with Crippen molar-refractivity contribution in [1.82, 2.24) is 19.6 Å². The van der Waals surface area contributed by atoms with E-state index in [2.05, 4.69) is 25.1 Å². The second-order valence-electron chi connectivity index (χ2n) is 6.91. The predicted octanol–water partition coefficient (Wildman–Crippen LogP) is 2.95. The predicted molar refractivity (Wildman–Crippen MR) is 117 cm³/mol. The number of aromatic nitrogens is 4. The van der Waals surface area contributed by atoms with E-state index in [9.17, 15) is 13.2 Å². The van der Waals surface area contributed by atoms with Crippen molar-refractivity contribution in [3.63, 3.8) is 0 Å². The van der Waals surface area contributed by atoms with Crippen LogP contribution in [0.3, 0.4) is 0 Å². The highest BCUT2D eigenvalue weighted by molar-refractivity contribution is 7.92. The van der Waals surface area contributed by atoms with Crippen LogP contribution in [-0.4, -0.2) is 34.3 Å². The lowest BCUT2D eigenvalue weighted by Crippen LogP contribution is -2.11. The summed E-state index contributed by atoms with van der Waals surface area (Å²) in [6.45, 7) is 0. The minimum absolute atomic E-state index is 0.315. The van der Waals surface area contributed by atoms with Crippen LogP contribution in [0, 0.1) is 0 Å². The molecule has 3 N–H and O–H groups in total. The second kappa shape index (κ2) is 6.99. The first kappa shape index (κ1) is 18.9. The highest BCUT2D eigenvalue weighted by atomic mass is 32.2. The van der Waals surface area contributed by atoms with E-state index in [4.69, 9.17) is 4.42 Å². The molecule has 11 heteroatoms. The molecule has 0 saturated carbocycles. The maximum atomic E-state index is 11.8. The average molecular weight is 436 g/mol. The Balaban J connectivity index is 1.55. The number of benzene rings is 2. The Hall–Kier alpha value is -4.12. The number of rotatable bonds is 5. The van der Waals surface area contributed by atoms with Gasteiger partial charge in [-0.2, -0.15) is 0 Å². The van der Waals surface area contributed by atoms with E-state index in [0.29, 0.717) is 39.7 Å². The SMILES string of the molecule is CS(=O)(=O)Nc1ccccc1-c1ccc2cnc(Nc3ccc4[nH]c(=O)oc4c3)nn12. The standard InChI is InChI=1S/C20H16N6O4S/c1-31(28,29)25-15-5-3-2-4-14(15)17-9-7-13-11-21-19(24-26(13)17)22-12-6-8-16-18(10-12)30-20(27)23-16/h2-11,25H,1H3,(H,22,24)(H,23,27). The van der Waals surface area contributed by atoms with Crippen molar-refractivity contribution in [2.75, 3.05) is 16.3 Å². The molecule has 0 aliphatic rings. The Morgan fingerprint density at radius 1 is 1.10 bits per heavy atom. The largest absolute Gasteiger partial charge is 0.417 e. The number of aromatic amines is 1. The van der Waals surface area contributed by atoms with E-state index in [1.165, 1.54) is 0 Å². The van der Waals surface area contributed by atoms with Crippen LogP contribution >= 0.6 is 0 Å². The summed E-state index contributed by atoms with van der Waals surface area (Å²) in [5.41, 5.74) is 4.20. The topological polar surface area (TPSA) is 134 Å². The average Bonchev–Trinajstić information content (AvgIpc) is 3.29. The lowest BCUT2D eigenvalue weighted by Gasteiger charge is -2.11. The van der Waals surface area contributed by atoms with Crippen molar-refractivity contribution >= 4 is 44.0 Å². The maximum Gasteiger partial charge on any atom is 0.417 e. The molecule has 0 bridgehead atoms. The monoisotopic (exact) mass is 436 g/mol. The van der Waals surface area contributed by atoms with Gasteiger partial charge in [-0.05, 0) is 30.3 Å². The number of fused-ring (bicyclic) bond motifs is 2. The van der Waals surface area contributed by atoms with Gasteiger partial charge < -0.3 is 9.73 Å². The van der Waals surface area contributed by atoms with E-state index in [0.717, 1.165) is 11.8 Å². The molecule has 0 unspecified atom stereocenters. The first-order valence-electron chi connectivity index (χ1n) is 9.18. The molecule has 3 heterocycles. The van der Waals surface area contributed by atoms with Crippen molar-refractivity contribution in [3.05, 3.63) is 71.3 Å². The fourth-order valence-electron chi connectivity index (χ4n) is 3.31. The third-order valence-electron chi connectivity index (χ3n) is 4.57. The van der Waals surface area contributed by atoms with E-state index < -0.39 is 15.8 Å². The smallest absolute Gasteiger partial charge is 0.408 e. The Morgan fingerprint density at radius 2 is 1.94 bits per heavy atom. The highest BCUT2D eigenvalue weighted by Crippen LogP contribution is 2.30. The van der Waals surface area contributed by atoms with Crippen molar-refractivity contribution < 1.29 is 12.8 Å². The van der Waals surface area contributed by atoms with Crippen LogP contribution in [0.2, 0.25) is 0 Å². The summed E-state index contributed by atoms with van der Waals surface area (Å²) in [6, 6.07) is 15.9. The van der Waals surface area contributed by atoms with Gasteiger partial charge in [-0.25, -0.2) is 22.7 Å². The molecule has 10 nitrogen and oxygen atoms in total. The zero-order valence-corrected chi connectivity index (χ0v) is 17.0. The number of oxazole rings is 1. The molecular formula is C20H16N6O4S. The van der Waals surface area contributed by atoms with Crippen LogP contribution in [0.25, 0.3) is 27.9 Å². The second-order valence-corrected chi connectivity index (χ2v) is 8.66. The van der Waals surface area contributed by atoms with Crippen LogP contribution in [0.4, 0.5) is 17.3 Å². The Kier molecular flexibility index (Phi) is 4.26. The molecule has 0 aliphatic heterocycles. The molecule has 0 atom stereocenters. The van der Waals surface area contributed by atoms with E-state index in [1.807, 2.05) is 24.3 Å². The molecule has 0 amide bonds. The summed E-state index contributed by atoms with van der Waals surface area (Å²) < 4.78 is 32.8. The van der Waals surface area contributed by atoms with E-state index in [1.54, 1.807) is 41.0 Å². The lowest BCUT2D eigenvalue weighted by molar-refractivity contribution is 0.555. The number of nitrogens with zero attached hydrogens (tertiary/aromatic N) is 3. The van der Waals surface area contributed by atoms with Crippen LogP contribution in [0.1, 0.15) is 0 Å². The number of hydrogen-bond acceptors (Lipinski definition) is 7. The number of anilines is 3. The molecule has 3 aromatic heterocycles. The number of nitrogens with one attached hydrogen (secondary N) is 3. The van der Waals surface area contributed by atoms with Crippen LogP contribution in [0.15, 0.2) is 70.0 Å². The number of sulfonamides is 1. The molecule has 5 rings (SSSR count). The molecule has 31 heavy (non-hydrogen) atoms. The lowest BCUT2D eigenvalue weighted by atomic mass is 10.1. The van der Waals surface area contributed by atoms with E-state index >= 15 is 0 Å². The Labute approximate surface area is 175 Å². The maximum absolute atomic E-state index is 11.8. The van der Waals surface area contributed by atoms with Crippen molar-refractivity contribution in [3.8, 4) is 11.3 Å². The van der Waals surface area contributed by atoms with Gasteiger partial charge in [0.15, 0.2) is 5.58 Å². The van der Waals surface area contributed by atoms with Gasteiger partial charge in [-0.3, -0.25) is 9.71 Å². The molecule has 0 radical (unpaired) electrons. The molecular weight excluding hydrogens is 420 g/mol. The van der Waals surface area contributed by atoms with Gasteiger partial charge in [0.2, 0.25) is 16.0 Å². The first-order chi connectivity index (χ1) is 14.9. The molecule has 0 fully saturated rings. The van der Waals surface area contributed by atoms with Crippen molar-refractivity contribution in [2.24, 2.45) is 0 Å². The van der Waals surface area contributed by atoms with Gasteiger partial charge in [0, 0.05) is 17.3 Å². The molecule has 0 aliphatic carbocycles. The van der Waals surface area contributed by atoms with Gasteiger partial charge in [-0.1, -0.05) is 18.2 Å². The van der Waals surface area contributed by atoms with Crippen molar-refractivity contribution in [1.29, 1.82) is 0 Å². The van der Waals surface area contributed by atoms with Gasteiger partial charge >= 0.3 is 5.76 Å². The van der Waals surface area contributed by atoms with Crippen LogP contribution in [0.5, 0.6) is 0 Å². The molecule has 0 saturated heterocycles. The molecule has 0 spiro atoms. The van der Waals surface area contributed by atoms with Gasteiger partial charge in [0.1, 0.15) is 0 Å². The quantitative estimate of drug-likeness (QED) is 0.385. The van der Waals surface area contributed by atoms with Crippen LogP contribution in [-0.2, 0) is 10.0 Å². The highest BCUT2D eigenvalue weighted by Gasteiger charge is 2.14. The summed E-state index contributed by atoms with van der Waals surface area (Å²) in [7, 11) is -3.45. The van der Waals surface area contributed by atoms with Crippen molar-refractivity contribution in [2.45, 2.75) is 0 Å². The number of hydrogen-bond donors (Lipinski definition) is 3. The summed E-state index contributed by atoms with van der Waals surface area (Å²) in [4.78, 5) is 18.3. The summed E-state index contributed by atoms with van der Waals surface area (Å²) in [5.74, 6) is -0.209. The first-order valence-corrected chi connectivity index (χ1v) is 11.1. The molecule has 156 valence electrons. The molecule has 5 aromatic rings. The zero-order chi connectivity index (χ0) is 21.6. The molecule has 2 aromatic carbocycles. The number of H-pyrrole nitrogens is 1. The Morgan fingerprint density at radius 3 is 2.77 bits per heavy atom. The third-order valence-corrected chi connectivity index (χ3v) is 5.16. The number of para-hydroxylation sites is 1. The summed E-state index contributed by atoms with van der Waals surface area (Å²) in [5, 5.41) is 7.64. The van der Waals surface area contributed by atoms with Gasteiger partial charge in [0.25, 0.3) is 0 Å². The fraction of sp³-hybridized carbons (Fsp3) is 0.0500. The minimum atomic E-state index is -3.45. The minimum Gasteiger partial charge on any atom is -0.408 e. The summed E-state index contributed by atoms with van der Waals surface area (Å²) in [6.07, 6.45) is 2.76. The third kappa shape index (κ3) is 3.73. The van der Waals surface area contributed by atoms with Gasteiger partial charge in [-0.15, -0.1) is 5.10 Å². The van der Waals surface area contributed by atoms with Gasteiger partial charge in [0.05, 0.1) is 34.9 Å². The zero-order valence-electron chi connectivity index (χ0n) is 16.2. The summed E-state index contributed by atoms with van der Waals surface area (Å²) >= 11 is 0. The van der Waals surface area contributed by atoms with Crippen LogP contribution < -0.4 is 15.8 Å². The van der Waals surface area contributed by atoms with E-state index in [-0.39, 0.29) is 0 Å². The normalized spacial score (nSPS) is 11.8. The Bertz CT molecular complexity index is 1600. The fourth-order valence-corrected chi connectivity index (χ4v) is 3.89.